The molecule has 1 aliphatic carbocycles. The molecule has 1 heterocycles. The molecule has 0 bridgehead atoms. The molecule has 1 saturated carbocycles. The van der Waals surface area contributed by atoms with Gasteiger partial charge in [-0.2, -0.15) is 0 Å². The number of carbonyl (C=O) groups is 1. The van der Waals surface area contributed by atoms with Gasteiger partial charge in [-0.25, -0.2) is 0 Å². The third kappa shape index (κ3) is 3.95. The van der Waals surface area contributed by atoms with Gasteiger partial charge in [-0.15, -0.1) is 0 Å². The second-order valence-corrected chi connectivity index (χ2v) is 6.81. The van der Waals surface area contributed by atoms with E-state index in [-0.39, 0.29) is 0 Å². The summed E-state index contributed by atoms with van der Waals surface area (Å²) < 4.78 is 0. The van der Waals surface area contributed by atoms with Crippen molar-refractivity contribution in [1.29, 1.82) is 0 Å². The summed E-state index contributed by atoms with van der Waals surface area (Å²) in [6, 6.07) is 0. The van der Waals surface area contributed by atoms with Gasteiger partial charge in [0.25, 0.3) is 0 Å². The Labute approximate surface area is 117 Å². The smallest absolute Gasteiger partial charge is 0.310 e. The monoisotopic (exact) mass is 267 g/mol. The molecule has 1 atom stereocenters. The van der Waals surface area contributed by atoms with E-state index in [0.29, 0.717) is 0 Å². The molecule has 3 nitrogen and oxygen atoms in total. The number of carboxylic acids is 1. The number of nitrogens with zero attached hydrogens (tertiary/aromatic N) is 1. The fourth-order valence-electron chi connectivity index (χ4n) is 3.75. The Balaban J connectivity index is 2.01. The number of rotatable bonds is 3. The summed E-state index contributed by atoms with van der Waals surface area (Å²) in [5, 5.41) is 9.74. The molecule has 0 aromatic heterocycles. The van der Waals surface area contributed by atoms with E-state index in [1.807, 2.05) is 0 Å². The van der Waals surface area contributed by atoms with Gasteiger partial charge in [0, 0.05) is 6.54 Å². The highest BCUT2D eigenvalue weighted by atomic mass is 16.4. The summed E-state index contributed by atoms with van der Waals surface area (Å²) in [6.45, 7) is 5.30. The molecule has 0 aromatic rings. The van der Waals surface area contributed by atoms with Crippen LogP contribution in [0.4, 0.5) is 0 Å². The Kier molecular flexibility index (Phi) is 5.26. The van der Waals surface area contributed by atoms with Gasteiger partial charge in [0.15, 0.2) is 0 Å². The van der Waals surface area contributed by atoms with Crippen molar-refractivity contribution < 1.29 is 9.90 Å². The molecular weight excluding hydrogens is 238 g/mol. The normalized spacial score (nSPS) is 29.4. The van der Waals surface area contributed by atoms with Crippen molar-refractivity contribution in [3.05, 3.63) is 0 Å². The van der Waals surface area contributed by atoms with Crippen molar-refractivity contribution in [2.45, 2.75) is 64.7 Å². The lowest BCUT2D eigenvalue weighted by molar-refractivity contribution is -0.151. The third-order valence-corrected chi connectivity index (χ3v) is 5.15. The lowest BCUT2D eigenvalue weighted by atomic mass is 9.79. The van der Waals surface area contributed by atoms with Crippen LogP contribution in [0.1, 0.15) is 64.7 Å². The van der Waals surface area contributed by atoms with E-state index in [0.717, 1.165) is 51.2 Å². The van der Waals surface area contributed by atoms with Crippen LogP contribution >= 0.6 is 0 Å². The molecule has 0 radical (unpaired) electrons. The topological polar surface area (TPSA) is 40.5 Å². The largest absolute Gasteiger partial charge is 0.481 e. The maximum absolute atomic E-state index is 11.8. The second-order valence-electron chi connectivity index (χ2n) is 6.81. The first-order valence-corrected chi connectivity index (χ1v) is 8.08. The molecule has 0 spiro atoms. The number of hydrogen-bond acceptors (Lipinski definition) is 2. The zero-order valence-corrected chi connectivity index (χ0v) is 12.4. The van der Waals surface area contributed by atoms with Crippen molar-refractivity contribution in [1.82, 2.24) is 4.90 Å². The zero-order chi connectivity index (χ0) is 13.7. The molecule has 0 amide bonds. The first-order chi connectivity index (χ1) is 9.12. The van der Waals surface area contributed by atoms with Gasteiger partial charge in [-0.1, -0.05) is 32.6 Å². The van der Waals surface area contributed by atoms with Crippen molar-refractivity contribution in [3.63, 3.8) is 0 Å². The molecule has 1 N–H and O–H groups in total. The number of hydrogen-bond donors (Lipinski definition) is 1. The van der Waals surface area contributed by atoms with Crippen molar-refractivity contribution in [2.75, 3.05) is 19.6 Å². The molecule has 2 aliphatic rings. The maximum atomic E-state index is 11.8. The average Bonchev–Trinajstić information content (AvgIpc) is 2.72. The summed E-state index contributed by atoms with van der Waals surface area (Å²) in [4.78, 5) is 14.3. The van der Waals surface area contributed by atoms with E-state index < -0.39 is 11.4 Å². The Hall–Kier alpha value is -0.570. The number of aliphatic carboxylic acids is 1. The second kappa shape index (κ2) is 6.74. The Morgan fingerprint density at radius 2 is 1.79 bits per heavy atom. The molecule has 1 aliphatic heterocycles. The van der Waals surface area contributed by atoms with E-state index in [2.05, 4.69) is 11.8 Å². The van der Waals surface area contributed by atoms with Crippen LogP contribution in [0, 0.1) is 11.3 Å². The fraction of sp³-hybridized carbons (Fsp3) is 0.938. The minimum absolute atomic E-state index is 0.454. The van der Waals surface area contributed by atoms with Gasteiger partial charge in [-0.3, -0.25) is 4.79 Å². The maximum Gasteiger partial charge on any atom is 0.310 e. The SMILES string of the molecule is CC1CCCN(CC2(C(=O)O)CCCCCC2)CC1. The van der Waals surface area contributed by atoms with Crippen LogP contribution in [-0.2, 0) is 4.79 Å². The molecule has 110 valence electrons. The van der Waals surface area contributed by atoms with E-state index >= 15 is 0 Å². The lowest BCUT2D eigenvalue weighted by Crippen LogP contribution is -2.43. The summed E-state index contributed by atoms with van der Waals surface area (Å²) in [5.74, 6) is 0.256. The quantitative estimate of drug-likeness (QED) is 0.795. The van der Waals surface area contributed by atoms with Crippen LogP contribution in [0.25, 0.3) is 0 Å². The fourth-order valence-corrected chi connectivity index (χ4v) is 3.75. The molecule has 0 aromatic carbocycles. The summed E-state index contributed by atoms with van der Waals surface area (Å²) in [5.41, 5.74) is -0.454. The van der Waals surface area contributed by atoms with Gasteiger partial charge in [-0.05, 0) is 51.1 Å². The molecule has 2 fully saturated rings. The molecule has 2 rings (SSSR count). The third-order valence-electron chi connectivity index (χ3n) is 5.15. The molecular formula is C16H29NO2. The minimum atomic E-state index is -0.549. The Morgan fingerprint density at radius 3 is 2.42 bits per heavy atom. The highest BCUT2D eigenvalue weighted by Gasteiger charge is 2.40. The molecule has 19 heavy (non-hydrogen) atoms. The highest BCUT2D eigenvalue weighted by molar-refractivity contribution is 5.75. The average molecular weight is 267 g/mol. The first kappa shape index (κ1) is 14.8. The van der Waals surface area contributed by atoms with E-state index in [1.54, 1.807) is 0 Å². The van der Waals surface area contributed by atoms with Crippen molar-refractivity contribution in [3.8, 4) is 0 Å². The number of carboxylic acid groups (broad SMARTS) is 1. The van der Waals surface area contributed by atoms with Gasteiger partial charge < -0.3 is 10.0 Å². The van der Waals surface area contributed by atoms with E-state index in [1.165, 1.54) is 32.1 Å². The van der Waals surface area contributed by atoms with Crippen LogP contribution in [-0.4, -0.2) is 35.6 Å². The highest BCUT2D eigenvalue weighted by Crippen LogP contribution is 2.36. The van der Waals surface area contributed by atoms with Gasteiger partial charge in [0.05, 0.1) is 5.41 Å². The van der Waals surface area contributed by atoms with Crippen molar-refractivity contribution >= 4 is 5.97 Å². The van der Waals surface area contributed by atoms with Gasteiger partial charge in [0.2, 0.25) is 0 Å². The van der Waals surface area contributed by atoms with Crippen LogP contribution in [0.2, 0.25) is 0 Å². The van der Waals surface area contributed by atoms with Crippen LogP contribution in [0.15, 0.2) is 0 Å². The lowest BCUT2D eigenvalue weighted by Gasteiger charge is -2.34. The molecule has 1 unspecified atom stereocenters. The van der Waals surface area contributed by atoms with Crippen LogP contribution in [0.5, 0.6) is 0 Å². The first-order valence-electron chi connectivity index (χ1n) is 8.08. The molecule has 3 heteroatoms. The Bertz CT molecular complexity index is 295. The van der Waals surface area contributed by atoms with Crippen molar-refractivity contribution in [2.24, 2.45) is 11.3 Å². The minimum Gasteiger partial charge on any atom is -0.481 e. The van der Waals surface area contributed by atoms with E-state index in [9.17, 15) is 9.90 Å². The Morgan fingerprint density at radius 1 is 1.11 bits per heavy atom. The summed E-state index contributed by atoms with van der Waals surface area (Å²) >= 11 is 0. The van der Waals surface area contributed by atoms with E-state index in [4.69, 9.17) is 0 Å². The van der Waals surface area contributed by atoms with Gasteiger partial charge in [0.1, 0.15) is 0 Å². The number of likely N-dealkylation sites (tertiary alicyclic amines) is 1. The zero-order valence-electron chi connectivity index (χ0n) is 12.4. The van der Waals surface area contributed by atoms with Gasteiger partial charge >= 0.3 is 5.97 Å². The van der Waals surface area contributed by atoms with Crippen LogP contribution < -0.4 is 0 Å². The predicted molar refractivity (Wildman–Crippen MR) is 77.2 cm³/mol. The summed E-state index contributed by atoms with van der Waals surface area (Å²) in [6.07, 6.45) is 10.1. The standard InChI is InChI=1S/C16H29NO2/c1-14-7-6-11-17(12-8-14)13-16(15(18)19)9-4-2-3-5-10-16/h14H,2-13H2,1H3,(H,18,19). The van der Waals surface area contributed by atoms with Crippen LogP contribution in [0.3, 0.4) is 0 Å². The summed E-state index contributed by atoms with van der Waals surface area (Å²) in [7, 11) is 0. The predicted octanol–water partition coefficient (Wildman–Crippen LogP) is 3.53. The molecule has 1 saturated heterocycles.